The lowest BCUT2D eigenvalue weighted by molar-refractivity contribution is -0.262. The van der Waals surface area contributed by atoms with Crippen LogP contribution < -0.4 is 4.90 Å². The number of hydrogen-bond acceptors (Lipinski definition) is 4. The molecule has 1 atom stereocenters. The molecular formula is C29H34F5N3O3. The van der Waals surface area contributed by atoms with Crippen molar-refractivity contribution in [3.8, 4) is 0 Å². The quantitative estimate of drug-likeness (QED) is 0.502. The number of carbonyl (C=O) groups is 2. The van der Waals surface area contributed by atoms with Crippen molar-refractivity contribution >= 4 is 17.5 Å². The molecule has 11 heteroatoms. The minimum absolute atomic E-state index is 0.0244. The van der Waals surface area contributed by atoms with E-state index in [-0.39, 0.29) is 24.9 Å². The van der Waals surface area contributed by atoms with E-state index in [2.05, 4.69) is 4.90 Å². The summed E-state index contributed by atoms with van der Waals surface area (Å²) in [6, 6.07) is 8.60. The Labute approximate surface area is 230 Å². The zero-order chi connectivity index (χ0) is 29.2. The number of amides is 2. The summed E-state index contributed by atoms with van der Waals surface area (Å²) in [4.78, 5) is 29.8. The van der Waals surface area contributed by atoms with Crippen LogP contribution in [-0.2, 0) is 10.4 Å². The third-order valence-corrected chi connectivity index (χ3v) is 8.07. The molecule has 0 radical (unpaired) electrons. The first-order valence-electron chi connectivity index (χ1n) is 13.4. The minimum atomic E-state index is -5.46. The van der Waals surface area contributed by atoms with Crippen molar-refractivity contribution in [2.75, 3.05) is 45.2 Å². The largest absolute Gasteiger partial charge is 0.430 e. The molecule has 0 aliphatic carbocycles. The molecule has 2 aromatic rings. The van der Waals surface area contributed by atoms with E-state index in [1.54, 1.807) is 14.1 Å². The average molecular weight is 568 g/mol. The number of anilines is 1. The number of halogens is 5. The van der Waals surface area contributed by atoms with E-state index >= 15 is 0 Å². The van der Waals surface area contributed by atoms with Gasteiger partial charge in [0.1, 0.15) is 11.6 Å². The van der Waals surface area contributed by atoms with Gasteiger partial charge in [0.25, 0.3) is 17.4 Å². The molecule has 2 amide bonds. The molecule has 0 aromatic heterocycles. The maximum atomic E-state index is 13.9. The monoisotopic (exact) mass is 567 g/mol. The van der Waals surface area contributed by atoms with E-state index in [0.29, 0.717) is 42.5 Å². The summed E-state index contributed by atoms with van der Waals surface area (Å²) in [6.45, 7) is 1.75. The van der Waals surface area contributed by atoms with Crippen LogP contribution in [0.4, 0.5) is 27.6 Å². The van der Waals surface area contributed by atoms with Crippen molar-refractivity contribution < 1.29 is 36.6 Å². The van der Waals surface area contributed by atoms with E-state index in [1.807, 2.05) is 24.3 Å². The molecule has 1 N–H and O–H groups in total. The Balaban J connectivity index is 1.30. The molecule has 218 valence electrons. The van der Waals surface area contributed by atoms with Gasteiger partial charge in [-0.05, 0) is 80.3 Å². The molecule has 2 saturated heterocycles. The molecule has 2 aliphatic heterocycles. The fourth-order valence-corrected chi connectivity index (χ4v) is 5.74. The van der Waals surface area contributed by atoms with Crippen molar-refractivity contribution in [3.05, 3.63) is 65.2 Å². The van der Waals surface area contributed by atoms with Gasteiger partial charge in [-0.15, -0.1) is 0 Å². The molecule has 0 saturated carbocycles. The van der Waals surface area contributed by atoms with Crippen LogP contribution in [0.5, 0.6) is 0 Å². The maximum absolute atomic E-state index is 13.9. The molecular weight excluding hydrogens is 533 g/mol. The fourth-order valence-electron chi connectivity index (χ4n) is 5.74. The van der Waals surface area contributed by atoms with E-state index in [4.69, 9.17) is 0 Å². The molecule has 2 aromatic carbocycles. The molecule has 2 aliphatic rings. The first-order valence-corrected chi connectivity index (χ1v) is 13.4. The highest BCUT2D eigenvalue weighted by molar-refractivity contribution is 5.94. The second-order valence-corrected chi connectivity index (χ2v) is 11.0. The number of piperidine rings is 2. The third-order valence-electron chi connectivity index (χ3n) is 8.07. The topological polar surface area (TPSA) is 64.1 Å². The van der Waals surface area contributed by atoms with Gasteiger partial charge in [0.15, 0.2) is 0 Å². The zero-order valence-corrected chi connectivity index (χ0v) is 22.6. The SMILES string of the molecule is CN(C)C(=O)c1ccc(N2CCC(CC3CCN(C(=O)C(O)(c4cc(F)cc(F)c4)C(F)(F)F)CC3)CC2)cc1. The Hall–Kier alpha value is -3.21. The van der Waals surface area contributed by atoms with E-state index in [0.717, 1.165) is 42.9 Å². The van der Waals surface area contributed by atoms with Gasteiger partial charge in [-0.1, -0.05) is 0 Å². The minimum Gasteiger partial charge on any atom is -0.372 e. The summed E-state index contributed by atoms with van der Waals surface area (Å²) < 4.78 is 69.1. The second kappa shape index (κ2) is 11.7. The van der Waals surface area contributed by atoms with Crippen LogP contribution in [0.2, 0.25) is 0 Å². The number of benzene rings is 2. The van der Waals surface area contributed by atoms with Crippen LogP contribution >= 0.6 is 0 Å². The number of carbonyl (C=O) groups excluding carboxylic acids is 2. The highest BCUT2D eigenvalue weighted by Crippen LogP contribution is 2.42. The Morgan fingerprint density at radius 1 is 0.875 bits per heavy atom. The molecule has 6 nitrogen and oxygen atoms in total. The van der Waals surface area contributed by atoms with E-state index in [9.17, 15) is 36.6 Å². The molecule has 2 heterocycles. The van der Waals surface area contributed by atoms with E-state index < -0.39 is 34.9 Å². The summed E-state index contributed by atoms with van der Waals surface area (Å²) >= 11 is 0. The second-order valence-electron chi connectivity index (χ2n) is 11.0. The Morgan fingerprint density at radius 2 is 1.38 bits per heavy atom. The van der Waals surface area contributed by atoms with Gasteiger partial charge in [0, 0.05) is 63.2 Å². The smallest absolute Gasteiger partial charge is 0.372 e. The van der Waals surface area contributed by atoms with Gasteiger partial charge >= 0.3 is 6.18 Å². The first kappa shape index (κ1) is 29.8. The van der Waals surface area contributed by atoms with Crippen molar-refractivity contribution in [2.45, 2.75) is 43.9 Å². The third kappa shape index (κ3) is 6.24. The van der Waals surface area contributed by atoms with Crippen molar-refractivity contribution in [1.29, 1.82) is 0 Å². The predicted molar refractivity (Wildman–Crippen MR) is 140 cm³/mol. The van der Waals surface area contributed by atoms with Gasteiger partial charge in [-0.2, -0.15) is 13.2 Å². The van der Waals surface area contributed by atoms with Gasteiger partial charge < -0.3 is 19.8 Å². The van der Waals surface area contributed by atoms with Crippen LogP contribution in [0, 0.1) is 23.5 Å². The van der Waals surface area contributed by atoms with Crippen LogP contribution in [-0.4, -0.2) is 73.2 Å². The van der Waals surface area contributed by atoms with Gasteiger partial charge in [0.2, 0.25) is 0 Å². The van der Waals surface area contributed by atoms with Gasteiger partial charge in [-0.3, -0.25) is 9.59 Å². The van der Waals surface area contributed by atoms with Crippen molar-refractivity contribution in [3.63, 3.8) is 0 Å². The maximum Gasteiger partial charge on any atom is 0.430 e. The number of nitrogens with zero attached hydrogens (tertiary/aromatic N) is 3. The summed E-state index contributed by atoms with van der Waals surface area (Å²) in [6.07, 6.45) is -1.69. The van der Waals surface area contributed by atoms with Crippen molar-refractivity contribution in [2.24, 2.45) is 11.8 Å². The Morgan fingerprint density at radius 3 is 1.85 bits per heavy atom. The molecule has 4 rings (SSSR count). The molecule has 1 unspecified atom stereocenters. The lowest BCUT2D eigenvalue weighted by atomic mass is 9.82. The molecule has 40 heavy (non-hydrogen) atoms. The van der Waals surface area contributed by atoms with Gasteiger partial charge in [0.05, 0.1) is 0 Å². The molecule has 0 spiro atoms. The normalized spacial score (nSPS) is 18.9. The predicted octanol–water partition coefficient (Wildman–Crippen LogP) is 4.96. The molecule has 2 fully saturated rings. The highest BCUT2D eigenvalue weighted by atomic mass is 19.4. The summed E-state index contributed by atoms with van der Waals surface area (Å²) in [7, 11) is 3.42. The summed E-state index contributed by atoms with van der Waals surface area (Å²) in [5.74, 6) is -3.62. The number of aliphatic hydroxyl groups is 1. The molecule has 0 bridgehead atoms. The average Bonchev–Trinajstić information content (AvgIpc) is 2.91. The van der Waals surface area contributed by atoms with Crippen LogP contribution in [0.1, 0.15) is 48.0 Å². The zero-order valence-electron chi connectivity index (χ0n) is 22.6. The Bertz CT molecular complexity index is 1180. The summed E-state index contributed by atoms with van der Waals surface area (Å²) in [5.41, 5.74) is -3.52. The fraction of sp³-hybridized carbons (Fsp3) is 0.517. The van der Waals surface area contributed by atoms with E-state index in [1.165, 1.54) is 4.90 Å². The van der Waals surface area contributed by atoms with Gasteiger partial charge in [-0.25, -0.2) is 8.78 Å². The number of rotatable bonds is 6. The van der Waals surface area contributed by atoms with Crippen molar-refractivity contribution in [1.82, 2.24) is 9.80 Å². The highest BCUT2D eigenvalue weighted by Gasteiger charge is 2.62. The number of likely N-dealkylation sites (tertiary alicyclic amines) is 1. The van der Waals surface area contributed by atoms with Crippen LogP contribution in [0.15, 0.2) is 42.5 Å². The number of hydrogen-bond donors (Lipinski definition) is 1. The lowest BCUT2D eigenvalue weighted by Crippen LogP contribution is -2.57. The number of alkyl halides is 3. The summed E-state index contributed by atoms with van der Waals surface area (Å²) in [5, 5.41) is 10.5. The van der Waals surface area contributed by atoms with Crippen LogP contribution in [0.3, 0.4) is 0 Å². The standard InChI is InChI=1S/C29H34F5N3O3/c1-35(2)26(38)21-3-5-25(6-4-21)36-11-7-19(8-12-36)15-20-9-13-37(14-10-20)27(39)28(40,29(32,33)34)22-16-23(30)18-24(31)17-22/h3-6,16-20,40H,7-15H2,1-2H3. The Kier molecular flexibility index (Phi) is 8.72. The van der Waals surface area contributed by atoms with Crippen LogP contribution in [0.25, 0.3) is 0 Å². The first-order chi connectivity index (χ1) is 18.8. The lowest BCUT2D eigenvalue weighted by Gasteiger charge is -2.40.